The number of hydrogen-bond donors (Lipinski definition) is 0. The molecule has 0 radical (unpaired) electrons. The molecule has 1 heterocycles. The average molecular weight is 342 g/mol. The quantitative estimate of drug-likeness (QED) is 0.833. The Hall–Kier alpha value is -1.23. The highest BCUT2D eigenvalue weighted by molar-refractivity contribution is 9.10. The Bertz CT molecular complexity index is 567. The van der Waals surface area contributed by atoms with E-state index in [0.717, 1.165) is 21.4 Å². The van der Waals surface area contributed by atoms with Crippen molar-refractivity contribution < 1.29 is 13.9 Å². The van der Waals surface area contributed by atoms with Gasteiger partial charge in [-0.3, -0.25) is 0 Å². The molecule has 0 saturated heterocycles. The molecule has 0 spiro atoms. The summed E-state index contributed by atoms with van der Waals surface area (Å²) in [4.78, 5) is 1.94. The van der Waals surface area contributed by atoms with Crippen LogP contribution in [0, 0.1) is 0 Å². The van der Waals surface area contributed by atoms with Gasteiger partial charge in [-0.25, -0.2) is 4.39 Å². The van der Waals surface area contributed by atoms with Crippen molar-refractivity contribution in [2.24, 2.45) is 0 Å². The molecule has 1 aromatic rings. The highest BCUT2D eigenvalue weighted by Crippen LogP contribution is 2.42. The summed E-state index contributed by atoms with van der Waals surface area (Å²) in [6, 6.07) is 3.89. The van der Waals surface area contributed by atoms with Gasteiger partial charge in [0.2, 0.25) is 0 Å². The maximum absolute atomic E-state index is 13.7. The maximum atomic E-state index is 13.7. The predicted molar refractivity (Wildman–Crippen MR) is 79.2 cm³/mol. The van der Waals surface area contributed by atoms with E-state index in [9.17, 15) is 4.39 Å². The van der Waals surface area contributed by atoms with Crippen LogP contribution in [0.2, 0.25) is 0 Å². The van der Waals surface area contributed by atoms with Gasteiger partial charge in [0.25, 0.3) is 0 Å². The van der Waals surface area contributed by atoms with Crippen LogP contribution in [0.4, 0.5) is 4.39 Å². The molecule has 5 heteroatoms. The predicted octanol–water partition coefficient (Wildman–Crippen LogP) is 3.72. The molecule has 3 nitrogen and oxygen atoms in total. The first-order valence-corrected chi connectivity index (χ1v) is 7.42. The number of nitrogens with zero attached hydrogens (tertiary/aromatic N) is 1. The van der Waals surface area contributed by atoms with E-state index in [1.54, 1.807) is 0 Å². The molecule has 20 heavy (non-hydrogen) atoms. The Balaban J connectivity index is 1.89. The molecule has 1 aliphatic heterocycles. The fourth-order valence-corrected chi connectivity index (χ4v) is 2.60. The third-order valence-electron chi connectivity index (χ3n) is 3.47. The van der Waals surface area contributed by atoms with Crippen LogP contribution in [0.5, 0.6) is 5.75 Å². The zero-order valence-corrected chi connectivity index (χ0v) is 13.2. The Morgan fingerprint density at radius 2 is 2.20 bits per heavy atom. The first kappa shape index (κ1) is 13.7. The van der Waals surface area contributed by atoms with E-state index >= 15 is 0 Å². The third-order valence-corrected chi connectivity index (χ3v) is 3.92. The van der Waals surface area contributed by atoms with E-state index in [1.165, 1.54) is 0 Å². The van der Waals surface area contributed by atoms with E-state index in [4.69, 9.17) is 9.47 Å². The average Bonchev–Trinajstić information content (AvgIpc) is 2.98. The van der Waals surface area contributed by atoms with Gasteiger partial charge < -0.3 is 14.4 Å². The molecule has 0 atom stereocenters. The summed E-state index contributed by atoms with van der Waals surface area (Å²) in [5.74, 6) is 1.53. The second kappa shape index (κ2) is 4.95. The lowest BCUT2D eigenvalue weighted by molar-refractivity contribution is 0.174. The van der Waals surface area contributed by atoms with E-state index in [2.05, 4.69) is 15.9 Å². The van der Waals surface area contributed by atoms with Crippen molar-refractivity contribution in [3.8, 4) is 5.75 Å². The number of ether oxygens (including phenoxy) is 2. The molecule has 0 aromatic heterocycles. The molecule has 0 N–H and O–H groups in total. The van der Waals surface area contributed by atoms with Gasteiger partial charge in [-0.05, 0) is 25.0 Å². The lowest BCUT2D eigenvalue weighted by Gasteiger charge is -2.12. The summed E-state index contributed by atoms with van der Waals surface area (Å²) in [5.41, 5.74) is 0.883. The highest BCUT2D eigenvalue weighted by atomic mass is 79.9. The van der Waals surface area contributed by atoms with Crippen LogP contribution in [0.3, 0.4) is 0 Å². The van der Waals surface area contributed by atoms with Gasteiger partial charge in [0.05, 0.1) is 0 Å². The zero-order chi connectivity index (χ0) is 14.3. The van der Waals surface area contributed by atoms with Crippen LogP contribution in [0.15, 0.2) is 22.8 Å². The van der Waals surface area contributed by atoms with Gasteiger partial charge in [-0.1, -0.05) is 15.9 Å². The molecule has 1 aromatic carbocycles. The third kappa shape index (κ3) is 2.77. The van der Waals surface area contributed by atoms with Crippen molar-refractivity contribution in [3.63, 3.8) is 0 Å². The minimum absolute atomic E-state index is 0.128. The van der Waals surface area contributed by atoms with Crippen molar-refractivity contribution in [3.05, 3.63) is 33.9 Å². The lowest BCUT2D eigenvalue weighted by Crippen LogP contribution is -2.14. The molecule has 1 saturated carbocycles. The normalized spacial score (nSPS) is 20.5. The Morgan fingerprint density at radius 1 is 1.45 bits per heavy atom. The second-order valence-corrected chi connectivity index (χ2v) is 6.53. The molecule has 1 aliphatic carbocycles. The second-order valence-electron chi connectivity index (χ2n) is 5.62. The van der Waals surface area contributed by atoms with Crippen LogP contribution in [0.1, 0.15) is 24.0 Å². The molecule has 2 aliphatic rings. The molecule has 1 fully saturated rings. The fraction of sp³-hybridized carbons (Fsp3) is 0.467. The van der Waals surface area contributed by atoms with Crippen molar-refractivity contribution in [1.82, 2.24) is 4.90 Å². The summed E-state index contributed by atoms with van der Waals surface area (Å²) in [6.07, 6.45) is 3.14. The highest BCUT2D eigenvalue weighted by Gasteiger charge is 2.44. The largest absolute Gasteiger partial charge is 0.490 e. The van der Waals surface area contributed by atoms with Gasteiger partial charge in [0.1, 0.15) is 30.4 Å². The Labute approximate surface area is 126 Å². The van der Waals surface area contributed by atoms with Gasteiger partial charge in [0, 0.05) is 35.9 Å². The van der Waals surface area contributed by atoms with Crippen LogP contribution >= 0.6 is 15.9 Å². The van der Waals surface area contributed by atoms with Gasteiger partial charge >= 0.3 is 0 Å². The molecule has 3 rings (SSSR count). The summed E-state index contributed by atoms with van der Waals surface area (Å²) < 4.78 is 26.0. The maximum Gasteiger partial charge on any atom is 0.145 e. The number of benzene rings is 1. The summed E-state index contributed by atoms with van der Waals surface area (Å²) in [6.45, 7) is 0.597. The fourth-order valence-electron chi connectivity index (χ4n) is 2.17. The lowest BCUT2D eigenvalue weighted by atomic mass is 10.1. The monoisotopic (exact) mass is 341 g/mol. The molecule has 0 amide bonds. The molecular formula is C15H17BrFNO2. The first-order valence-electron chi connectivity index (χ1n) is 6.62. The van der Waals surface area contributed by atoms with E-state index in [-0.39, 0.29) is 6.61 Å². The summed E-state index contributed by atoms with van der Waals surface area (Å²) in [7, 11) is 3.90. The van der Waals surface area contributed by atoms with Gasteiger partial charge in [0.15, 0.2) is 0 Å². The SMILES string of the molecule is CN(C)C=C1OCc2c(OCC3(F)CC3)cc(Br)cc21. The molecular weight excluding hydrogens is 325 g/mol. The smallest absolute Gasteiger partial charge is 0.145 e. The van der Waals surface area contributed by atoms with Crippen LogP contribution in [-0.4, -0.2) is 31.3 Å². The first-order chi connectivity index (χ1) is 9.47. The minimum atomic E-state index is -1.11. The van der Waals surface area contributed by atoms with E-state index in [0.29, 0.717) is 25.2 Å². The van der Waals surface area contributed by atoms with Crippen molar-refractivity contribution in [2.75, 3.05) is 20.7 Å². The number of hydrogen-bond acceptors (Lipinski definition) is 3. The van der Waals surface area contributed by atoms with Crippen molar-refractivity contribution in [1.29, 1.82) is 0 Å². The number of halogens is 2. The number of alkyl halides is 1. The Morgan fingerprint density at radius 3 is 2.85 bits per heavy atom. The van der Waals surface area contributed by atoms with Crippen LogP contribution < -0.4 is 4.74 Å². The van der Waals surface area contributed by atoms with E-state index in [1.807, 2.05) is 37.3 Å². The molecule has 0 bridgehead atoms. The van der Waals surface area contributed by atoms with Gasteiger partial charge in [-0.2, -0.15) is 0 Å². The van der Waals surface area contributed by atoms with Gasteiger partial charge in [-0.15, -0.1) is 0 Å². The summed E-state index contributed by atoms with van der Waals surface area (Å²) in [5, 5.41) is 0. The molecule has 108 valence electrons. The van der Waals surface area contributed by atoms with Crippen molar-refractivity contribution in [2.45, 2.75) is 25.1 Å². The van der Waals surface area contributed by atoms with Crippen LogP contribution in [0.25, 0.3) is 5.76 Å². The standard InChI is InChI=1S/C15H17BrFNO2/c1-18(2)7-14-11-5-10(16)6-13(12(11)8-19-14)20-9-15(17)3-4-15/h5-7H,3-4,8-9H2,1-2H3. The topological polar surface area (TPSA) is 21.7 Å². The Kier molecular flexibility index (Phi) is 3.40. The number of rotatable bonds is 4. The zero-order valence-electron chi connectivity index (χ0n) is 11.6. The summed E-state index contributed by atoms with van der Waals surface area (Å²) >= 11 is 3.48. The molecule has 0 unspecified atom stereocenters. The van der Waals surface area contributed by atoms with Crippen LogP contribution in [-0.2, 0) is 11.3 Å². The van der Waals surface area contributed by atoms with E-state index < -0.39 is 5.67 Å². The van der Waals surface area contributed by atoms with Crippen molar-refractivity contribution >= 4 is 21.7 Å². The number of fused-ring (bicyclic) bond motifs is 1. The minimum Gasteiger partial charge on any atom is -0.490 e.